The normalized spacial score (nSPS) is 12.1. The van der Waals surface area contributed by atoms with E-state index in [1.807, 2.05) is 10.6 Å². The number of rotatable bonds is 22. The Hall–Kier alpha value is -7.44. The quantitative estimate of drug-likeness (QED) is 0.0282. The van der Waals surface area contributed by atoms with Crippen LogP contribution in [0.15, 0.2) is 41.4 Å². The Morgan fingerprint density at radius 1 is 0.810 bits per heavy atom. The molecule has 2 heterocycles. The van der Waals surface area contributed by atoms with Gasteiger partial charge in [0, 0.05) is 12.1 Å². The Kier molecular flexibility index (Phi) is 16.7. The maximum atomic E-state index is 13.1. The molecular weight excluding hydrogens is 789 g/mol. The average Bonchev–Trinajstić information content (AvgIpc) is 3.79. The van der Waals surface area contributed by atoms with Crippen LogP contribution in [-0.4, -0.2) is 128 Å². The molecule has 310 valence electrons. The predicted molar refractivity (Wildman–Crippen MR) is 202 cm³/mol. The molecule has 0 bridgehead atoms. The van der Waals surface area contributed by atoms with Gasteiger partial charge in [-0.1, -0.05) is 29.5 Å². The summed E-state index contributed by atoms with van der Waals surface area (Å²) in [6.07, 6.45) is -1.98. The number of thiazole rings is 1. The molecule has 6 amide bonds. The molecule has 0 saturated carbocycles. The van der Waals surface area contributed by atoms with Gasteiger partial charge in [-0.3, -0.25) is 53.8 Å². The van der Waals surface area contributed by atoms with Crippen LogP contribution in [0.3, 0.4) is 0 Å². The van der Waals surface area contributed by atoms with E-state index < -0.39 is 91.5 Å². The number of carbonyl (C=O) groups excluding carboxylic acids is 6. The fourth-order valence-corrected chi connectivity index (χ4v) is 5.78. The first-order chi connectivity index (χ1) is 27.4. The maximum absolute atomic E-state index is 13.1. The summed E-state index contributed by atoms with van der Waals surface area (Å²) >= 11 is 1.14. The van der Waals surface area contributed by atoms with Crippen molar-refractivity contribution in [2.24, 2.45) is 16.5 Å². The first kappa shape index (κ1) is 45.0. The lowest BCUT2D eigenvalue weighted by Crippen LogP contribution is -2.55. The molecule has 1 aromatic carbocycles. The highest BCUT2D eigenvalue weighted by Crippen LogP contribution is 2.32. The second kappa shape index (κ2) is 21.6. The number of amides is 6. The Morgan fingerprint density at radius 3 is 2.05 bits per heavy atom. The van der Waals surface area contributed by atoms with Crippen LogP contribution in [0.4, 0.5) is 5.13 Å². The van der Waals surface area contributed by atoms with Crippen molar-refractivity contribution in [3.63, 3.8) is 0 Å². The summed E-state index contributed by atoms with van der Waals surface area (Å²) in [5.41, 5.74) is 11.9. The van der Waals surface area contributed by atoms with Crippen LogP contribution < -0.4 is 43.4 Å². The number of H-pyrrole nitrogens is 1. The molecule has 0 saturated heterocycles. The summed E-state index contributed by atoms with van der Waals surface area (Å²) in [6.45, 7) is 0.273. The van der Waals surface area contributed by atoms with Crippen LogP contribution >= 0.6 is 11.3 Å². The van der Waals surface area contributed by atoms with Crippen molar-refractivity contribution in [3.8, 4) is 10.6 Å². The van der Waals surface area contributed by atoms with E-state index in [0.29, 0.717) is 27.0 Å². The SMILES string of the molecule is Cc1nc(NC(=O)c2ccccc2)sc1-c1cc(C(=O)NCC(=O)N[C@H](CCCN=C(N)N)C(=O)NCC(=O)N[C@H](CC(=O)O)C(=O)N[C@H](CC(=O)O)C(=O)O)n[nH]1. The number of nitrogens with one attached hydrogen (secondary N) is 7. The molecule has 3 aromatic rings. The monoisotopic (exact) mass is 828 g/mol. The summed E-state index contributed by atoms with van der Waals surface area (Å²) < 4.78 is 0. The first-order valence-corrected chi connectivity index (χ1v) is 17.8. The highest BCUT2D eigenvalue weighted by molar-refractivity contribution is 7.19. The number of hydrogen-bond donors (Lipinski definition) is 12. The summed E-state index contributed by atoms with van der Waals surface area (Å²) in [7, 11) is 0. The van der Waals surface area contributed by atoms with Gasteiger partial charge in [0.2, 0.25) is 23.6 Å². The lowest BCUT2D eigenvalue weighted by molar-refractivity contribution is -0.148. The summed E-state index contributed by atoms with van der Waals surface area (Å²) in [5, 5.41) is 47.9. The molecule has 0 unspecified atom stereocenters. The topological polar surface area (TPSA) is 392 Å². The summed E-state index contributed by atoms with van der Waals surface area (Å²) in [4.78, 5) is 119. The molecule has 0 aliphatic rings. The van der Waals surface area contributed by atoms with Crippen molar-refractivity contribution in [2.75, 3.05) is 25.0 Å². The largest absolute Gasteiger partial charge is 0.481 e. The van der Waals surface area contributed by atoms with E-state index in [1.165, 1.54) is 6.07 Å². The number of carboxylic acids is 3. The summed E-state index contributed by atoms with van der Waals surface area (Å²) in [6, 6.07) is 4.80. The van der Waals surface area contributed by atoms with Crippen molar-refractivity contribution in [1.82, 2.24) is 41.8 Å². The zero-order valence-electron chi connectivity index (χ0n) is 30.6. The number of aryl methyl sites for hydroxylation is 1. The van der Waals surface area contributed by atoms with Crippen LogP contribution in [0.2, 0.25) is 0 Å². The average molecular weight is 829 g/mol. The van der Waals surface area contributed by atoms with Gasteiger partial charge in [-0.15, -0.1) is 0 Å². The zero-order valence-corrected chi connectivity index (χ0v) is 31.4. The number of aromatic nitrogens is 3. The second-order valence-electron chi connectivity index (χ2n) is 12.1. The number of nitrogens with two attached hydrogens (primary N) is 2. The smallest absolute Gasteiger partial charge is 0.326 e. The van der Waals surface area contributed by atoms with E-state index in [1.54, 1.807) is 37.3 Å². The molecule has 58 heavy (non-hydrogen) atoms. The number of carboxylic acid groups (broad SMARTS) is 3. The molecule has 0 fully saturated rings. The van der Waals surface area contributed by atoms with Crippen LogP contribution in [0.1, 0.15) is 52.2 Å². The predicted octanol–water partition coefficient (Wildman–Crippen LogP) is -2.52. The van der Waals surface area contributed by atoms with Gasteiger partial charge >= 0.3 is 17.9 Å². The number of aromatic amines is 1. The second-order valence-corrected chi connectivity index (χ2v) is 13.1. The van der Waals surface area contributed by atoms with Crippen LogP contribution in [0.25, 0.3) is 10.6 Å². The third-order valence-corrected chi connectivity index (χ3v) is 8.67. The van der Waals surface area contributed by atoms with E-state index in [4.69, 9.17) is 16.6 Å². The van der Waals surface area contributed by atoms with Crippen molar-refractivity contribution < 1.29 is 58.5 Å². The molecule has 14 N–H and O–H groups in total. The number of aliphatic imine (C=N–C) groups is 1. The lowest BCUT2D eigenvalue weighted by Gasteiger charge is -2.21. The molecule has 25 heteroatoms. The molecule has 2 aromatic heterocycles. The number of nitrogens with zero attached hydrogens (tertiary/aromatic N) is 3. The number of anilines is 1. The minimum Gasteiger partial charge on any atom is -0.481 e. The van der Waals surface area contributed by atoms with Crippen molar-refractivity contribution in [1.29, 1.82) is 0 Å². The Morgan fingerprint density at radius 2 is 1.43 bits per heavy atom. The third kappa shape index (κ3) is 14.7. The fourth-order valence-electron chi connectivity index (χ4n) is 4.85. The molecule has 3 rings (SSSR count). The van der Waals surface area contributed by atoms with Crippen LogP contribution in [0, 0.1) is 6.92 Å². The van der Waals surface area contributed by atoms with E-state index in [2.05, 4.69) is 41.4 Å². The Bertz CT molecular complexity index is 2050. The molecule has 0 radical (unpaired) electrons. The van der Waals surface area contributed by atoms with Gasteiger partial charge in [-0.05, 0) is 38.0 Å². The van der Waals surface area contributed by atoms with Gasteiger partial charge in [0.15, 0.2) is 16.8 Å². The minimum absolute atomic E-state index is 0.0476. The highest BCUT2D eigenvalue weighted by atomic mass is 32.1. The Balaban J connectivity index is 1.59. The molecule has 0 spiro atoms. The van der Waals surface area contributed by atoms with Crippen molar-refractivity contribution in [3.05, 3.63) is 53.3 Å². The van der Waals surface area contributed by atoms with E-state index in [-0.39, 0.29) is 36.9 Å². The molecular formula is C33H40N12O12S. The summed E-state index contributed by atoms with van der Waals surface area (Å²) in [5.74, 6) is -10.4. The van der Waals surface area contributed by atoms with Crippen LogP contribution in [0.5, 0.6) is 0 Å². The fraction of sp³-hybridized carbons (Fsp3) is 0.333. The first-order valence-electron chi connectivity index (χ1n) is 17.0. The Labute approximate surface area is 331 Å². The number of benzene rings is 1. The van der Waals surface area contributed by atoms with Crippen molar-refractivity contribution >= 4 is 75.8 Å². The highest BCUT2D eigenvalue weighted by Gasteiger charge is 2.30. The number of guanidine groups is 1. The minimum atomic E-state index is -1.94. The van der Waals surface area contributed by atoms with E-state index >= 15 is 0 Å². The molecule has 0 aliphatic heterocycles. The van der Waals surface area contributed by atoms with Gasteiger partial charge in [-0.2, -0.15) is 5.10 Å². The molecule has 0 aliphatic carbocycles. The zero-order chi connectivity index (χ0) is 42.9. The van der Waals surface area contributed by atoms with E-state index in [9.17, 15) is 53.4 Å². The van der Waals surface area contributed by atoms with Gasteiger partial charge in [0.05, 0.1) is 42.2 Å². The third-order valence-electron chi connectivity index (χ3n) is 7.56. The lowest BCUT2D eigenvalue weighted by atomic mass is 10.1. The number of aliphatic carboxylic acids is 3. The van der Waals surface area contributed by atoms with Gasteiger partial charge < -0.3 is 53.4 Å². The van der Waals surface area contributed by atoms with Crippen LogP contribution in [-0.2, 0) is 33.6 Å². The van der Waals surface area contributed by atoms with E-state index in [0.717, 1.165) is 11.3 Å². The standard InChI is InChI=1S/C33H40N12O12S/c1-15-26(58-33(39-15)43-27(52)16-6-3-2-4-7-16)18-10-20(45-44-18)29(54)38-13-22(46)40-17(8-5-9-36-32(34)35)28(53)37-14-23(47)41-19(11-24(48)49)30(55)42-21(31(56)57)12-25(50)51/h2-4,6-7,10,17,19,21H,5,8-9,11-14H2,1H3,(H,37,53)(H,38,54)(H,40,46)(H,41,47)(H,42,55)(H,44,45)(H,48,49)(H,50,51)(H,56,57)(H4,34,35,36)(H,39,43,52)/t17-,19-,21-/m1/s1. The molecule has 3 atom stereocenters. The van der Waals surface area contributed by atoms with Gasteiger partial charge in [-0.25, -0.2) is 9.78 Å². The van der Waals surface area contributed by atoms with Gasteiger partial charge in [0.1, 0.15) is 18.1 Å². The van der Waals surface area contributed by atoms with Gasteiger partial charge in [0.25, 0.3) is 11.8 Å². The number of carbonyl (C=O) groups is 9. The maximum Gasteiger partial charge on any atom is 0.326 e. The molecule has 24 nitrogen and oxygen atoms in total. The van der Waals surface area contributed by atoms with Crippen molar-refractivity contribution in [2.45, 2.75) is 50.7 Å². The number of hydrogen-bond acceptors (Lipinski definition) is 13.